The van der Waals surface area contributed by atoms with Gasteiger partial charge in [-0.1, -0.05) is 13.0 Å². The van der Waals surface area contributed by atoms with Gasteiger partial charge in [-0.05, 0) is 37.0 Å². The lowest BCUT2D eigenvalue weighted by Crippen LogP contribution is -1.97. The lowest BCUT2D eigenvalue weighted by molar-refractivity contribution is -0.0867. The minimum Gasteiger partial charge on any atom is -0.147 e. The Morgan fingerprint density at radius 3 is 2.42 bits per heavy atom. The zero-order chi connectivity index (χ0) is 12.9. The molecule has 1 atom stereocenters. The normalized spacial score (nSPS) is 16.5. The van der Waals surface area contributed by atoms with Gasteiger partial charge in [-0.15, -0.1) is 25.6 Å². The average Bonchev–Trinajstić information content (AvgIpc) is 3.07. The molecule has 1 saturated carbocycles. The van der Waals surface area contributed by atoms with Crippen LogP contribution in [0.15, 0.2) is 24.3 Å². The first-order valence-electron chi connectivity index (χ1n) is 6.16. The van der Waals surface area contributed by atoms with Gasteiger partial charge in [0, 0.05) is 17.4 Å². The smallest absolute Gasteiger partial charge is 0.147 e. The molecule has 104 valence electrons. The van der Waals surface area contributed by atoms with E-state index in [1.165, 1.54) is 0 Å². The van der Waals surface area contributed by atoms with Crippen LogP contribution in [0, 0.1) is 0 Å². The highest BCUT2D eigenvalue weighted by Crippen LogP contribution is 2.57. The van der Waals surface area contributed by atoms with Gasteiger partial charge in [0.1, 0.15) is 0 Å². The van der Waals surface area contributed by atoms with Crippen LogP contribution in [0.5, 0.6) is 0 Å². The summed E-state index contributed by atoms with van der Waals surface area (Å²) < 4.78 is 40.2. The number of alkyl halides is 3. The fraction of sp³-hybridized carbons (Fsp3) is 0.429. The van der Waals surface area contributed by atoms with Gasteiger partial charge in [0.25, 0.3) is 0 Å². The van der Waals surface area contributed by atoms with Gasteiger partial charge in [-0.3, -0.25) is 0 Å². The van der Waals surface area contributed by atoms with Crippen molar-refractivity contribution >= 4 is 33.0 Å². The van der Waals surface area contributed by atoms with E-state index in [-0.39, 0.29) is 18.3 Å². The van der Waals surface area contributed by atoms with Crippen LogP contribution in [-0.4, -0.2) is 0 Å². The molecule has 0 radical (unpaired) electrons. The molecule has 1 unspecified atom stereocenters. The third-order valence-corrected chi connectivity index (χ3v) is 5.64. The van der Waals surface area contributed by atoms with Crippen molar-refractivity contribution in [3.05, 3.63) is 34.7 Å². The number of rotatable bonds is 2. The van der Waals surface area contributed by atoms with E-state index in [0.29, 0.717) is 9.58 Å². The third-order valence-electron chi connectivity index (χ3n) is 3.45. The second kappa shape index (κ2) is 4.98. The maximum Gasteiger partial charge on any atom is 0.600 e. The molecule has 19 heavy (non-hydrogen) atoms. The fourth-order valence-electron chi connectivity index (χ4n) is 2.37. The Kier molecular flexibility index (Phi) is 3.85. The molecule has 1 aliphatic carbocycles. The molecule has 0 aliphatic heterocycles. The van der Waals surface area contributed by atoms with Crippen molar-refractivity contribution in [1.82, 2.24) is 0 Å². The van der Waals surface area contributed by atoms with E-state index in [4.69, 9.17) is 0 Å². The average molecular weight is 308 g/mol. The van der Waals surface area contributed by atoms with E-state index >= 15 is 0 Å². The van der Waals surface area contributed by atoms with Crippen LogP contribution < -0.4 is 0 Å². The molecule has 1 fully saturated rings. The summed E-state index contributed by atoms with van der Waals surface area (Å²) in [4.78, 5) is 0.616. The molecule has 1 aromatic heterocycles. The van der Waals surface area contributed by atoms with Crippen LogP contribution in [0.3, 0.4) is 0 Å². The number of hydrogen-bond acceptors (Lipinski definition) is 0. The summed E-state index contributed by atoms with van der Waals surface area (Å²) in [6.45, 7) is 2.02. The van der Waals surface area contributed by atoms with Gasteiger partial charge in [-0.25, -0.2) is 0 Å². The number of benzene rings is 1. The molecule has 2 aromatic rings. The number of thiophene rings is 1. The lowest BCUT2D eigenvalue weighted by Gasteiger charge is -1.99. The summed E-state index contributed by atoms with van der Waals surface area (Å²) in [5, 5.41) is 0.789. The Morgan fingerprint density at radius 1 is 1.21 bits per heavy atom. The van der Waals surface area contributed by atoms with Crippen molar-refractivity contribution < 1.29 is 13.2 Å². The Bertz CT molecular complexity index is 596. The molecule has 1 aromatic carbocycles. The van der Waals surface area contributed by atoms with Crippen LogP contribution in [0.4, 0.5) is 13.2 Å². The van der Waals surface area contributed by atoms with Gasteiger partial charge in [-0.2, -0.15) is 0 Å². The van der Waals surface area contributed by atoms with Crippen LogP contribution >= 0.6 is 22.9 Å². The van der Waals surface area contributed by atoms with Gasteiger partial charge in [0.2, 0.25) is 0 Å². The van der Waals surface area contributed by atoms with Crippen molar-refractivity contribution in [3.8, 4) is 0 Å². The Morgan fingerprint density at radius 2 is 1.89 bits per heavy atom. The summed E-state index contributed by atoms with van der Waals surface area (Å²) in [5.74, 6) is 0.174. The Balaban J connectivity index is 0.00000133. The quantitative estimate of drug-likeness (QED) is 0.603. The molecular weight excluding hydrogens is 293 g/mol. The van der Waals surface area contributed by atoms with Crippen LogP contribution in [-0.2, 0) is 11.9 Å². The number of hydrogen-bond donors (Lipinski definition) is 0. The predicted octanol–water partition coefficient (Wildman–Crippen LogP) is 5.93. The molecular formula is C14H15ClF3S+. The highest BCUT2D eigenvalue weighted by Gasteiger charge is 2.51. The van der Waals surface area contributed by atoms with Crippen LogP contribution in [0.25, 0.3) is 10.1 Å². The van der Waals surface area contributed by atoms with Crippen LogP contribution in [0.2, 0.25) is 0 Å². The van der Waals surface area contributed by atoms with Gasteiger partial charge in [0.15, 0.2) is 9.58 Å². The minimum absolute atomic E-state index is 0. The summed E-state index contributed by atoms with van der Waals surface area (Å²) in [7, 11) is -1.67. The second-order valence-corrected chi connectivity index (χ2v) is 6.79. The standard InChI is InChI=1S/C14H14F3S.ClH/c1-2-9-3-6-12-11(7-9)8-13(10-4-5-10)18(12)14(15,16)17;/h3,6-8,10H,2,4-5H2,1H3;1H/q+1;. The molecule has 0 nitrogen and oxygen atoms in total. The molecule has 1 aliphatic rings. The first-order valence-corrected chi connectivity index (χ1v) is 7.39. The molecule has 0 saturated heterocycles. The van der Waals surface area contributed by atoms with E-state index in [1.54, 1.807) is 12.1 Å². The van der Waals surface area contributed by atoms with Gasteiger partial charge < -0.3 is 0 Å². The zero-order valence-corrected chi connectivity index (χ0v) is 12.1. The third kappa shape index (κ3) is 2.61. The fourth-order valence-corrected chi connectivity index (χ4v) is 4.51. The van der Waals surface area contributed by atoms with E-state index in [0.717, 1.165) is 30.2 Å². The highest BCUT2D eigenvalue weighted by atomic mass is 35.5. The molecule has 3 rings (SSSR count). The van der Waals surface area contributed by atoms with Crippen molar-refractivity contribution in [2.45, 2.75) is 37.6 Å². The van der Waals surface area contributed by atoms with E-state index < -0.39 is 16.0 Å². The zero-order valence-electron chi connectivity index (χ0n) is 10.5. The van der Waals surface area contributed by atoms with E-state index in [1.807, 2.05) is 19.1 Å². The number of fused-ring (bicyclic) bond motifs is 1. The monoisotopic (exact) mass is 307 g/mol. The second-order valence-electron chi connectivity index (χ2n) is 4.80. The summed E-state index contributed by atoms with van der Waals surface area (Å²) >= 11 is 0. The maximum atomic E-state index is 13.2. The minimum atomic E-state index is -4.13. The SMILES string of the molecule is CCc1ccc2c(c1)cc(C1CC1)[s+]2C(F)(F)F.Cl. The van der Waals surface area contributed by atoms with Gasteiger partial charge >= 0.3 is 5.51 Å². The van der Waals surface area contributed by atoms with Crippen molar-refractivity contribution in [1.29, 1.82) is 0 Å². The predicted molar refractivity (Wildman–Crippen MR) is 76.3 cm³/mol. The topological polar surface area (TPSA) is 0 Å². The summed E-state index contributed by atoms with van der Waals surface area (Å²) in [6.07, 6.45) is 2.69. The van der Waals surface area contributed by atoms with Crippen molar-refractivity contribution in [3.63, 3.8) is 0 Å². The highest BCUT2D eigenvalue weighted by molar-refractivity contribution is 7.38. The first kappa shape index (κ1) is 14.7. The molecule has 0 amide bonds. The maximum absolute atomic E-state index is 13.2. The number of aryl methyl sites for hydroxylation is 1. The Labute approximate surface area is 119 Å². The van der Waals surface area contributed by atoms with E-state index in [9.17, 15) is 13.2 Å². The molecule has 0 N–H and O–H groups in total. The van der Waals surface area contributed by atoms with Crippen molar-refractivity contribution in [2.75, 3.05) is 0 Å². The largest absolute Gasteiger partial charge is 0.600 e. The first-order chi connectivity index (χ1) is 8.50. The van der Waals surface area contributed by atoms with Crippen molar-refractivity contribution in [2.24, 2.45) is 0 Å². The summed E-state index contributed by atoms with van der Waals surface area (Å²) in [5.41, 5.74) is -3.03. The van der Waals surface area contributed by atoms with Gasteiger partial charge in [0.05, 0.1) is 10.5 Å². The number of halogens is 4. The molecule has 0 spiro atoms. The molecule has 5 heteroatoms. The summed E-state index contributed by atoms with van der Waals surface area (Å²) in [6, 6.07) is 7.21. The van der Waals surface area contributed by atoms with E-state index in [2.05, 4.69) is 0 Å². The Hall–Kier alpha value is -0.740. The molecule has 0 bridgehead atoms. The lowest BCUT2D eigenvalue weighted by atomic mass is 10.1. The molecule has 1 heterocycles. The van der Waals surface area contributed by atoms with Crippen LogP contribution in [0.1, 0.15) is 36.1 Å².